The summed E-state index contributed by atoms with van der Waals surface area (Å²) in [7, 11) is 0. The highest BCUT2D eigenvalue weighted by molar-refractivity contribution is 7.80. The van der Waals surface area contributed by atoms with Crippen LogP contribution in [0.4, 0.5) is 4.79 Å². The minimum atomic E-state index is -0.969. The van der Waals surface area contributed by atoms with Crippen LogP contribution in [0.5, 0.6) is 0 Å². The fourth-order valence-electron chi connectivity index (χ4n) is 3.19. The van der Waals surface area contributed by atoms with Crippen molar-refractivity contribution < 1.29 is 19.1 Å². The third-order valence-electron chi connectivity index (χ3n) is 4.87. The molecule has 3 amide bonds. The molecule has 8 heteroatoms. The van der Waals surface area contributed by atoms with Crippen molar-refractivity contribution in [1.29, 1.82) is 0 Å². The van der Waals surface area contributed by atoms with Gasteiger partial charge in [0, 0.05) is 18.8 Å². The minimum absolute atomic E-state index is 0.0463. The van der Waals surface area contributed by atoms with Gasteiger partial charge in [0.25, 0.3) is 0 Å². The lowest BCUT2D eigenvalue weighted by Gasteiger charge is -2.33. The standard InChI is InChI=1S/C25H39N3O4S/c1-7-10-15-26-22(29)21(19-13-11-18(9-3)12-14-19)28(16-8-2)23(30)20(17-33)27-24(31)32-25(4,5)6/h8,11-14,20-21,33H,2,7,9-10,15-17H2,1,3-6H3,(H,26,29)(H,27,31). The van der Waals surface area contributed by atoms with Crippen molar-refractivity contribution in [3.63, 3.8) is 0 Å². The van der Waals surface area contributed by atoms with Crippen molar-refractivity contribution >= 4 is 30.5 Å². The first-order chi connectivity index (χ1) is 15.6. The third-order valence-corrected chi connectivity index (χ3v) is 5.24. The molecule has 7 nitrogen and oxygen atoms in total. The molecule has 184 valence electrons. The molecule has 0 aliphatic heterocycles. The number of aryl methyl sites for hydroxylation is 1. The average Bonchev–Trinajstić information content (AvgIpc) is 2.76. The molecule has 0 spiro atoms. The zero-order valence-corrected chi connectivity index (χ0v) is 21.4. The minimum Gasteiger partial charge on any atom is -0.444 e. The summed E-state index contributed by atoms with van der Waals surface area (Å²) < 4.78 is 5.29. The van der Waals surface area contributed by atoms with Gasteiger partial charge in [0.2, 0.25) is 11.8 Å². The summed E-state index contributed by atoms with van der Waals surface area (Å²) >= 11 is 4.26. The summed E-state index contributed by atoms with van der Waals surface area (Å²) in [6.45, 7) is 13.7. The molecule has 2 unspecified atom stereocenters. The monoisotopic (exact) mass is 477 g/mol. The van der Waals surface area contributed by atoms with Gasteiger partial charge in [0.1, 0.15) is 17.7 Å². The Morgan fingerprint density at radius 1 is 1.18 bits per heavy atom. The molecule has 0 aromatic heterocycles. The van der Waals surface area contributed by atoms with Crippen molar-refractivity contribution in [1.82, 2.24) is 15.5 Å². The number of ether oxygens (including phenoxy) is 1. The van der Waals surface area contributed by atoms with E-state index < -0.39 is 29.7 Å². The first-order valence-electron chi connectivity index (χ1n) is 11.5. The summed E-state index contributed by atoms with van der Waals surface area (Å²) in [5.74, 6) is -0.672. The number of thiol groups is 1. The quantitative estimate of drug-likeness (QED) is 0.241. The number of alkyl carbamates (subject to hydrolysis) is 1. The van der Waals surface area contributed by atoms with E-state index in [2.05, 4.69) is 36.8 Å². The molecule has 0 saturated carbocycles. The Morgan fingerprint density at radius 3 is 2.30 bits per heavy atom. The molecule has 33 heavy (non-hydrogen) atoms. The van der Waals surface area contributed by atoms with Crippen LogP contribution in [0.15, 0.2) is 36.9 Å². The lowest BCUT2D eigenvalue weighted by Crippen LogP contribution is -2.53. The molecule has 1 rings (SSSR count). The molecule has 0 aliphatic carbocycles. The van der Waals surface area contributed by atoms with Crippen LogP contribution in [0.1, 0.15) is 64.6 Å². The molecule has 0 radical (unpaired) electrons. The molecular formula is C25H39N3O4S. The molecule has 1 aromatic rings. The van der Waals surface area contributed by atoms with E-state index in [1.807, 2.05) is 31.2 Å². The van der Waals surface area contributed by atoms with Crippen LogP contribution in [0.25, 0.3) is 0 Å². The van der Waals surface area contributed by atoms with Gasteiger partial charge in [0.15, 0.2) is 0 Å². The van der Waals surface area contributed by atoms with Crippen molar-refractivity contribution in [3.8, 4) is 0 Å². The van der Waals surface area contributed by atoms with Gasteiger partial charge in [-0.15, -0.1) is 6.58 Å². The number of hydrogen-bond donors (Lipinski definition) is 3. The number of amides is 3. The van der Waals surface area contributed by atoms with Crippen molar-refractivity contribution in [2.45, 2.75) is 71.6 Å². The Labute approximate surface area is 203 Å². The third kappa shape index (κ3) is 9.50. The molecule has 0 aliphatic rings. The fourth-order valence-corrected chi connectivity index (χ4v) is 3.44. The first-order valence-corrected chi connectivity index (χ1v) is 12.1. The maximum atomic E-state index is 13.5. The van der Waals surface area contributed by atoms with Crippen LogP contribution in [0.2, 0.25) is 0 Å². The van der Waals surface area contributed by atoms with Crippen LogP contribution in [-0.2, 0) is 20.7 Å². The second kappa shape index (κ2) is 13.9. The molecule has 0 saturated heterocycles. The van der Waals surface area contributed by atoms with Crippen LogP contribution < -0.4 is 10.6 Å². The van der Waals surface area contributed by atoms with E-state index >= 15 is 0 Å². The fraction of sp³-hybridized carbons (Fsp3) is 0.560. The van der Waals surface area contributed by atoms with Crippen LogP contribution >= 0.6 is 12.6 Å². The number of hydrogen-bond acceptors (Lipinski definition) is 5. The number of nitrogens with one attached hydrogen (secondary N) is 2. The maximum absolute atomic E-state index is 13.5. The topological polar surface area (TPSA) is 87.7 Å². The highest BCUT2D eigenvalue weighted by Gasteiger charge is 2.35. The Hall–Kier alpha value is -2.48. The normalized spacial score (nSPS) is 12.9. The van der Waals surface area contributed by atoms with E-state index in [9.17, 15) is 14.4 Å². The van der Waals surface area contributed by atoms with Gasteiger partial charge in [-0.3, -0.25) is 9.59 Å². The van der Waals surface area contributed by atoms with E-state index in [0.29, 0.717) is 12.1 Å². The van der Waals surface area contributed by atoms with E-state index in [4.69, 9.17) is 4.74 Å². The zero-order chi connectivity index (χ0) is 25.0. The van der Waals surface area contributed by atoms with Gasteiger partial charge in [-0.05, 0) is 44.7 Å². The smallest absolute Gasteiger partial charge is 0.408 e. The average molecular weight is 478 g/mol. The Morgan fingerprint density at radius 2 is 1.82 bits per heavy atom. The van der Waals surface area contributed by atoms with Gasteiger partial charge in [-0.25, -0.2) is 4.79 Å². The molecule has 1 aromatic carbocycles. The molecule has 0 bridgehead atoms. The van der Waals surface area contributed by atoms with E-state index in [1.165, 1.54) is 4.90 Å². The van der Waals surface area contributed by atoms with Gasteiger partial charge in [-0.2, -0.15) is 12.6 Å². The van der Waals surface area contributed by atoms with Crippen molar-refractivity contribution in [2.24, 2.45) is 0 Å². The van der Waals surface area contributed by atoms with Gasteiger partial charge < -0.3 is 20.3 Å². The molecular weight excluding hydrogens is 438 g/mol. The number of unbranched alkanes of at least 4 members (excludes halogenated alkanes) is 1. The summed E-state index contributed by atoms with van der Waals surface area (Å²) in [5, 5.41) is 5.52. The number of benzene rings is 1. The van der Waals surface area contributed by atoms with Crippen LogP contribution in [0.3, 0.4) is 0 Å². The lowest BCUT2D eigenvalue weighted by molar-refractivity contribution is -0.141. The predicted octanol–water partition coefficient (Wildman–Crippen LogP) is 4.04. The maximum Gasteiger partial charge on any atom is 0.408 e. The van der Waals surface area contributed by atoms with Crippen molar-refractivity contribution in [2.75, 3.05) is 18.8 Å². The first kappa shape index (κ1) is 28.6. The van der Waals surface area contributed by atoms with Crippen LogP contribution in [-0.4, -0.2) is 53.3 Å². The summed E-state index contributed by atoms with van der Waals surface area (Å²) in [4.78, 5) is 40.5. The number of nitrogens with zero attached hydrogens (tertiary/aromatic N) is 1. The Balaban J connectivity index is 3.28. The summed E-state index contributed by atoms with van der Waals surface area (Å²) in [5.41, 5.74) is 1.11. The predicted molar refractivity (Wildman–Crippen MR) is 135 cm³/mol. The largest absolute Gasteiger partial charge is 0.444 e. The second-order valence-corrected chi connectivity index (χ2v) is 9.17. The SMILES string of the molecule is C=CCN(C(=O)C(CS)NC(=O)OC(C)(C)C)C(C(=O)NCCCC)c1ccc(CC)cc1. The van der Waals surface area contributed by atoms with Crippen molar-refractivity contribution in [3.05, 3.63) is 48.0 Å². The lowest BCUT2D eigenvalue weighted by atomic mass is 10.0. The summed E-state index contributed by atoms with van der Waals surface area (Å²) in [6.07, 6.45) is 3.48. The molecule has 2 N–H and O–H groups in total. The van der Waals surface area contributed by atoms with Gasteiger partial charge >= 0.3 is 6.09 Å². The number of rotatable bonds is 12. The molecule has 0 fully saturated rings. The Kier molecular flexibility index (Phi) is 12.1. The Bertz CT molecular complexity index is 790. The highest BCUT2D eigenvalue weighted by Crippen LogP contribution is 2.24. The second-order valence-electron chi connectivity index (χ2n) is 8.80. The zero-order valence-electron chi connectivity index (χ0n) is 20.5. The number of carbonyl (C=O) groups excluding carboxylic acids is 3. The number of carbonyl (C=O) groups is 3. The molecule has 0 heterocycles. The van der Waals surface area contributed by atoms with E-state index in [-0.39, 0.29) is 18.2 Å². The highest BCUT2D eigenvalue weighted by atomic mass is 32.1. The summed E-state index contributed by atoms with van der Waals surface area (Å²) in [6, 6.07) is 5.79. The van der Waals surface area contributed by atoms with Gasteiger partial charge in [0.05, 0.1) is 0 Å². The van der Waals surface area contributed by atoms with Gasteiger partial charge in [-0.1, -0.05) is 50.6 Å². The van der Waals surface area contributed by atoms with E-state index in [1.54, 1.807) is 26.8 Å². The van der Waals surface area contributed by atoms with Crippen LogP contribution in [0, 0.1) is 0 Å². The molecule has 2 atom stereocenters. The van der Waals surface area contributed by atoms with E-state index in [0.717, 1.165) is 24.8 Å².